The molecular weight excluding hydrogens is 378 g/mol. The van der Waals surface area contributed by atoms with E-state index >= 15 is 0 Å². The summed E-state index contributed by atoms with van der Waals surface area (Å²) in [6, 6.07) is 4.06. The molecule has 0 aromatic heterocycles. The van der Waals surface area contributed by atoms with Crippen molar-refractivity contribution in [1.82, 2.24) is 10.6 Å². The van der Waals surface area contributed by atoms with Gasteiger partial charge >= 0.3 is 6.61 Å². The Kier molecular flexibility index (Phi) is 7.45. The summed E-state index contributed by atoms with van der Waals surface area (Å²) >= 11 is 0. The van der Waals surface area contributed by atoms with Crippen LogP contribution in [-0.4, -0.2) is 24.5 Å². The Bertz CT molecular complexity index is 720. The fourth-order valence-corrected chi connectivity index (χ4v) is 4.43. The van der Waals surface area contributed by atoms with Crippen LogP contribution < -0.4 is 15.4 Å². The third-order valence-corrected chi connectivity index (χ3v) is 5.94. The van der Waals surface area contributed by atoms with Crippen LogP contribution in [0.2, 0.25) is 0 Å². The molecular formula is C22H30F2N2O3. The predicted molar refractivity (Wildman–Crippen MR) is 106 cm³/mol. The topological polar surface area (TPSA) is 67.4 Å². The molecule has 7 heteroatoms. The zero-order valence-corrected chi connectivity index (χ0v) is 16.9. The number of halogens is 2. The molecule has 5 nitrogen and oxygen atoms in total. The van der Waals surface area contributed by atoms with Crippen LogP contribution >= 0.6 is 0 Å². The van der Waals surface area contributed by atoms with E-state index in [9.17, 15) is 18.4 Å². The van der Waals surface area contributed by atoms with Gasteiger partial charge in [0.05, 0.1) is 6.04 Å². The van der Waals surface area contributed by atoms with Gasteiger partial charge in [-0.15, -0.1) is 0 Å². The second-order valence-electron chi connectivity index (χ2n) is 8.19. The number of rotatable bonds is 7. The summed E-state index contributed by atoms with van der Waals surface area (Å²) in [6.07, 6.45) is 8.64. The molecule has 2 N–H and O–H groups in total. The van der Waals surface area contributed by atoms with Gasteiger partial charge in [0, 0.05) is 6.42 Å². The molecule has 0 spiro atoms. The van der Waals surface area contributed by atoms with E-state index in [0.717, 1.165) is 43.2 Å². The van der Waals surface area contributed by atoms with Crippen molar-refractivity contribution >= 4 is 11.8 Å². The number of hydrogen-bond acceptors (Lipinski definition) is 3. The minimum Gasteiger partial charge on any atom is -0.435 e. The molecule has 0 radical (unpaired) electrons. The summed E-state index contributed by atoms with van der Waals surface area (Å²) in [6.45, 7) is -1.16. The van der Waals surface area contributed by atoms with Gasteiger partial charge in [0.15, 0.2) is 0 Å². The smallest absolute Gasteiger partial charge is 0.387 e. The summed E-state index contributed by atoms with van der Waals surface area (Å²) in [7, 11) is 0. The molecule has 0 heterocycles. The fourth-order valence-electron chi connectivity index (χ4n) is 4.43. The predicted octanol–water partition coefficient (Wildman–Crippen LogP) is 4.26. The van der Waals surface area contributed by atoms with E-state index < -0.39 is 12.7 Å². The molecule has 1 aromatic carbocycles. The highest BCUT2D eigenvalue weighted by molar-refractivity contribution is 5.87. The van der Waals surface area contributed by atoms with E-state index in [4.69, 9.17) is 0 Å². The van der Waals surface area contributed by atoms with Crippen LogP contribution in [-0.2, 0) is 16.0 Å². The molecule has 0 aliphatic heterocycles. The monoisotopic (exact) mass is 408 g/mol. The van der Waals surface area contributed by atoms with Crippen molar-refractivity contribution in [3.8, 4) is 5.75 Å². The number of fused-ring (bicyclic) bond motifs is 1. The Morgan fingerprint density at radius 1 is 1.14 bits per heavy atom. The number of nitrogens with one attached hydrogen (secondary N) is 2. The molecule has 0 bridgehead atoms. The van der Waals surface area contributed by atoms with Crippen molar-refractivity contribution in [1.29, 1.82) is 0 Å². The minimum absolute atomic E-state index is 0.0719. The summed E-state index contributed by atoms with van der Waals surface area (Å²) in [5.41, 5.74) is 1.83. The first-order chi connectivity index (χ1) is 13.9. The van der Waals surface area contributed by atoms with E-state index in [-0.39, 0.29) is 23.6 Å². The Hall–Kier alpha value is -2.18. The molecule has 2 aliphatic rings. The van der Waals surface area contributed by atoms with Gasteiger partial charge in [-0.2, -0.15) is 8.78 Å². The maximum absolute atomic E-state index is 12.6. The summed E-state index contributed by atoms with van der Waals surface area (Å²) < 4.78 is 29.3. The quantitative estimate of drug-likeness (QED) is 0.709. The van der Waals surface area contributed by atoms with Crippen molar-refractivity contribution in [3.63, 3.8) is 0 Å². The van der Waals surface area contributed by atoms with Gasteiger partial charge < -0.3 is 15.4 Å². The standard InChI is InChI=1S/C22H30F2N2O3/c1-14(25-20(27)12-15-6-3-2-4-7-15)21(28)26-19-9-5-8-16-13-17(29-22(23)24)10-11-18(16)19/h10-11,13-15,19,22H,2-9,12H2,1H3,(H,25,27)(H,26,28). The molecule has 0 saturated heterocycles. The zero-order chi connectivity index (χ0) is 20.8. The molecule has 160 valence electrons. The summed E-state index contributed by atoms with van der Waals surface area (Å²) in [5, 5.41) is 5.82. The first-order valence-corrected chi connectivity index (χ1v) is 10.6. The third-order valence-electron chi connectivity index (χ3n) is 5.94. The Balaban J connectivity index is 1.54. The maximum Gasteiger partial charge on any atom is 0.387 e. The van der Waals surface area contributed by atoms with Crippen LogP contribution in [0, 0.1) is 5.92 Å². The van der Waals surface area contributed by atoms with Crippen LogP contribution in [0.3, 0.4) is 0 Å². The SMILES string of the molecule is CC(NC(=O)CC1CCCCC1)C(=O)NC1CCCc2cc(OC(F)F)ccc21. The van der Waals surface area contributed by atoms with Crippen LogP contribution in [0.1, 0.15) is 75.5 Å². The molecule has 3 rings (SSSR count). The summed E-state index contributed by atoms with van der Waals surface area (Å²) in [5.74, 6) is 0.257. The van der Waals surface area contributed by atoms with Crippen LogP contribution in [0.25, 0.3) is 0 Å². The largest absolute Gasteiger partial charge is 0.435 e. The van der Waals surface area contributed by atoms with Crippen molar-refractivity contribution < 1.29 is 23.1 Å². The molecule has 1 aromatic rings. The number of alkyl halides is 2. The minimum atomic E-state index is -2.86. The van der Waals surface area contributed by atoms with Gasteiger partial charge in [-0.05, 0) is 68.2 Å². The lowest BCUT2D eigenvalue weighted by Gasteiger charge is -2.28. The van der Waals surface area contributed by atoms with E-state index in [1.807, 2.05) is 0 Å². The molecule has 1 saturated carbocycles. The van der Waals surface area contributed by atoms with E-state index in [1.165, 1.54) is 25.3 Å². The normalized spacial score (nSPS) is 20.6. The molecule has 2 atom stereocenters. The number of carbonyl (C=O) groups is 2. The van der Waals surface area contributed by atoms with E-state index in [1.54, 1.807) is 19.1 Å². The Morgan fingerprint density at radius 3 is 2.62 bits per heavy atom. The number of amides is 2. The van der Waals surface area contributed by atoms with Gasteiger partial charge in [0.1, 0.15) is 11.8 Å². The van der Waals surface area contributed by atoms with Gasteiger partial charge in [0.25, 0.3) is 0 Å². The van der Waals surface area contributed by atoms with Gasteiger partial charge in [-0.3, -0.25) is 9.59 Å². The average Bonchev–Trinajstić information content (AvgIpc) is 2.68. The van der Waals surface area contributed by atoms with Crippen molar-refractivity contribution in [2.75, 3.05) is 0 Å². The fraction of sp³-hybridized carbons (Fsp3) is 0.636. The zero-order valence-electron chi connectivity index (χ0n) is 16.9. The van der Waals surface area contributed by atoms with Crippen LogP contribution in [0.15, 0.2) is 18.2 Å². The highest BCUT2D eigenvalue weighted by atomic mass is 19.3. The van der Waals surface area contributed by atoms with Gasteiger partial charge in [-0.25, -0.2) is 0 Å². The lowest BCUT2D eigenvalue weighted by molar-refractivity contribution is -0.129. The lowest BCUT2D eigenvalue weighted by Crippen LogP contribution is -2.46. The highest BCUT2D eigenvalue weighted by Crippen LogP contribution is 2.32. The lowest BCUT2D eigenvalue weighted by atomic mass is 9.86. The van der Waals surface area contributed by atoms with Crippen molar-refractivity contribution in [2.24, 2.45) is 5.92 Å². The Morgan fingerprint density at radius 2 is 1.90 bits per heavy atom. The highest BCUT2D eigenvalue weighted by Gasteiger charge is 2.26. The van der Waals surface area contributed by atoms with Crippen LogP contribution in [0.4, 0.5) is 8.78 Å². The molecule has 1 fully saturated rings. The van der Waals surface area contributed by atoms with E-state index in [0.29, 0.717) is 12.3 Å². The molecule has 2 unspecified atom stereocenters. The molecule has 29 heavy (non-hydrogen) atoms. The van der Waals surface area contributed by atoms with E-state index in [2.05, 4.69) is 15.4 Å². The van der Waals surface area contributed by atoms with Gasteiger partial charge in [-0.1, -0.05) is 25.3 Å². The number of aryl methyl sites for hydroxylation is 1. The molecule has 2 amide bonds. The van der Waals surface area contributed by atoms with Gasteiger partial charge in [0.2, 0.25) is 11.8 Å². The van der Waals surface area contributed by atoms with Crippen molar-refractivity contribution in [3.05, 3.63) is 29.3 Å². The Labute approximate surface area is 170 Å². The van der Waals surface area contributed by atoms with Crippen LogP contribution in [0.5, 0.6) is 5.75 Å². The second kappa shape index (κ2) is 10.0. The number of hydrogen-bond donors (Lipinski definition) is 2. The maximum atomic E-state index is 12.6. The second-order valence-corrected chi connectivity index (χ2v) is 8.19. The van der Waals surface area contributed by atoms with Crippen molar-refractivity contribution in [2.45, 2.75) is 83.4 Å². The first-order valence-electron chi connectivity index (χ1n) is 10.6. The average molecular weight is 408 g/mol. The number of carbonyl (C=O) groups excluding carboxylic acids is 2. The number of benzene rings is 1. The summed E-state index contributed by atoms with van der Waals surface area (Å²) in [4.78, 5) is 24.9. The first kappa shape index (κ1) is 21.5. The number of ether oxygens (including phenoxy) is 1. The molecule has 2 aliphatic carbocycles. The third kappa shape index (κ3) is 6.15.